The summed E-state index contributed by atoms with van der Waals surface area (Å²) >= 11 is 0. The van der Waals surface area contributed by atoms with Crippen LogP contribution < -0.4 is 5.32 Å². The third-order valence-electron chi connectivity index (χ3n) is 3.10. The minimum absolute atomic E-state index is 0.00995. The van der Waals surface area contributed by atoms with Crippen LogP contribution in [0.1, 0.15) is 33.6 Å². The minimum atomic E-state index is -0.955. The van der Waals surface area contributed by atoms with Crippen molar-refractivity contribution in [2.24, 2.45) is 17.8 Å². The van der Waals surface area contributed by atoms with Gasteiger partial charge in [-0.05, 0) is 12.3 Å². The molecule has 0 aromatic rings. The molecule has 1 amide bonds. The molecule has 1 rings (SSSR count). The number of hydrogen-bond donors (Lipinski definition) is 1. The maximum atomic E-state index is 13.9. The largest absolute Gasteiger partial charge is 0.355 e. The number of carbonyl (C=O) groups excluding carboxylic acids is 1. The van der Waals surface area contributed by atoms with Gasteiger partial charge in [0, 0.05) is 12.5 Å². The fourth-order valence-electron chi connectivity index (χ4n) is 2.11. The Morgan fingerprint density at radius 2 is 2.21 bits per heavy atom. The summed E-state index contributed by atoms with van der Waals surface area (Å²) in [5.74, 6) is -0.230. The normalized spacial score (nSPS) is 33.2. The summed E-state index contributed by atoms with van der Waals surface area (Å²) in [5.41, 5.74) is 0. The number of piperidine rings is 1. The molecule has 14 heavy (non-hydrogen) atoms. The summed E-state index contributed by atoms with van der Waals surface area (Å²) in [5, 5.41) is 2.80. The summed E-state index contributed by atoms with van der Waals surface area (Å²) in [7, 11) is 0. The lowest BCUT2D eigenvalue weighted by Gasteiger charge is -2.35. The number of hydrogen-bond acceptors (Lipinski definition) is 1. The number of carbonyl (C=O) groups is 1. The number of halogens is 1. The van der Waals surface area contributed by atoms with E-state index in [2.05, 4.69) is 5.32 Å². The van der Waals surface area contributed by atoms with Crippen molar-refractivity contribution in [3.05, 3.63) is 0 Å². The second-order valence-electron chi connectivity index (χ2n) is 4.49. The summed E-state index contributed by atoms with van der Waals surface area (Å²) in [6.07, 6.45) is 0.572. The fourth-order valence-corrected chi connectivity index (χ4v) is 2.11. The lowest BCUT2D eigenvalue weighted by Crippen LogP contribution is -2.50. The van der Waals surface area contributed by atoms with E-state index in [1.807, 2.05) is 20.8 Å². The van der Waals surface area contributed by atoms with Gasteiger partial charge in [-0.2, -0.15) is 0 Å². The van der Waals surface area contributed by atoms with E-state index in [9.17, 15) is 9.18 Å². The van der Waals surface area contributed by atoms with Gasteiger partial charge in [0.25, 0.3) is 0 Å². The summed E-state index contributed by atoms with van der Waals surface area (Å²) < 4.78 is 13.9. The highest BCUT2D eigenvalue weighted by molar-refractivity contribution is 5.80. The second-order valence-corrected chi connectivity index (χ2v) is 4.49. The average Bonchev–Trinajstić information content (AvgIpc) is 2.11. The monoisotopic (exact) mass is 201 g/mol. The van der Waals surface area contributed by atoms with Crippen molar-refractivity contribution in [1.29, 1.82) is 0 Å². The first-order chi connectivity index (χ1) is 6.57. The molecule has 3 atom stereocenters. The van der Waals surface area contributed by atoms with Crippen molar-refractivity contribution in [3.63, 3.8) is 0 Å². The van der Waals surface area contributed by atoms with Crippen LogP contribution in [0.15, 0.2) is 0 Å². The molecule has 1 heterocycles. The quantitative estimate of drug-likeness (QED) is 0.744. The van der Waals surface area contributed by atoms with Crippen LogP contribution in [-0.2, 0) is 4.79 Å². The van der Waals surface area contributed by atoms with Gasteiger partial charge in [0.05, 0.1) is 5.92 Å². The molecule has 3 unspecified atom stereocenters. The Morgan fingerprint density at radius 1 is 1.57 bits per heavy atom. The van der Waals surface area contributed by atoms with Gasteiger partial charge in [0.1, 0.15) is 6.17 Å². The molecule has 0 aliphatic carbocycles. The van der Waals surface area contributed by atoms with Gasteiger partial charge in [-0.1, -0.05) is 27.2 Å². The summed E-state index contributed by atoms with van der Waals surface area (Å²) in [6, 6.07) is 0. The number of amides is 1. The van der Waals surface area contributed by atoms with Gasteiger partial charge in [0.2, 0.25) is 5.91 Å². The highest BCUT2D eigenvalue weighted by Gasteiger charge is 2.39. The lowest BCUT2D eigenvalue weighted by atomic mass is 9.79. The highest BCUT2D eigenvalue weighted by atomic mass is 19.1. The highest BCUT2D eigenvalue weighted by Crippen LogP contribution is 2.29. The Balaban J connectivity index is 2.66. The number of nitrogens with one attached hydrogen (secondary N) is 1. The fraction of sp³-hybridized carbons (Fsp3) is 0.909. The molecule has 1 saturated heterocycles. The number of alkyl halides is 1. The van der Waals surface area contributed by atoms with Crippen molar-refractivity contribution in [2.45, 2.75) is 39.8 Å². The maximum absolute atomic E-state index is 13.9. The zero-order valence-electron chi connectivity index (χ0n) is 9.22. The first-order valence-electron chi connectivity index (χ1n) is 5.49. The SMILES string of the molecule is CCCC1C(=O)NCC(C(C)C)C1F. The summed E-state index contributed by atoms with van der Waals surface area (Å²) in [4.78, 5) is 11.4. The first kappa shape index (κ1) is 11.5. The van der Waals surface area contributed by atoms with Crippen LogP contribution in [-0.4, -0.2) is 18.6 Å². The smallest absolute Gasteiger partial charge is 0.226 e. The van der Waals surface area contributed by atoms with Crippen LogP contribution in [0.2, 0.25) is 0 Å². The molecule has 0 spiro atoms. The molecular formula is C11H20FNO. The number of rotatable bonds is 3. The van der Waals surface area contributed by atoms with Crippen molar-refractivity contribution < 1.29 is 9.18 Å². The zero-order chi connectivity index (χ0) is 10.7. The molecule has 1 aliphatic rings. The van der Waals surface area contributed by atoms with Crippen molar-refractivity contribution in [1.82, 2.24) is 5.32 Å². The molecule has 1 N–H and O–H groups in total. The van der Waals surface area contributed by atoms with Crippen LogP contribution in [0.3, 0.4) is 0 Å². The molecule has 0 saturated carbocycles. The van der Waals surface area contributed by atoms with E-state index in [1.54, 1.807) is 0 Å². The van der Waals surface area contributed by atoms with E-state index in [0.29, 0.717) is 18.9 Å². The van der Waals surface area contributed by atoms with E-state index in [-0.39, 0.29) is 11.8 Å². The molecule has 82 valence electrons. The zero-order valence-corrected chi connectivity index (χ0v) is 9.22. The van der Waals surface area contributed by atoms with Crippen molar-refractivity contribution in [2.75, 3.05) is 6.54 Å². The van der Waals surface area contributed by atoms with Crippen LogP contribution >= 0.6 is 0 Å². The molecule has 0 bridgehead atoms. The molecular weight excluding hydrogens is 181 g/mol. The van der Waals surface area contributed by atoms with Crippen molar-refractivity contribution in [3.8, 4) is 0 Å². The van der Waals surface area contributed by atoms with Crippen LogP contribution in [0.4, 0.5) is 4.39 Å². The predicted molar refractivity (Wildman–Crippen MR) is 54.6 cm³/mol. The lowest BCUT2D eigenvalue weighted by molar-refractivity contribution is -0.132. The molecule has 2 nitrogen and oxygen atoms in total. The standard InChI is InChI=1S/C11H20FNO/c1-4-5-8-10(12)9(7(2)3)6-13-11(8)14/h7-10H,4-6H2,1-3H3,(H,13,14). The van der Waals surface area contributed by atoms with Gasteiger partial charge in [-0.3, -0.25) is 4.79 Å². The van der Waals surface area contributed by atoms with Gasteiger partial charge in [0.15, 0.2) is 0 Å². The average molecular weight is 201 g/mol. The van der Waals surface area contributed by atoms with Gasteiger partial charge >= 0.3 is 0 Å². The van der Waals surface area contributed by atoms with Gasteiger partial charge < -0.3 is 5.32 Å². The van der Waals surface area contributed by atoms with Crippen LogP contribution in [0.5, 0.6) is 0 Å². The Bertz CT molecular complexity index is 205. The predicted octanol–water partition coefficient (Wildman–Crippen LogP) is 2.14. The van der Waals surface area contributed by atoms with E-state index < -0.39 is 12.1 Å². The van der Waals surface area contributed by atoms with E-state index in [1.165, 1.54) is 0 Å². The third kappa shape index (κ3) is 2.25. The van der Waals surface area contributed by atoms with E-state index in [4.69, 9.17) is 0 Å². The van der Waals surface area contributed by atoms with E-state index in [0.717, 1.165) is 6.42 Å². The van der Waals surface area contributed by atoms with Crippen LogP contribution in [0.25, 0.3) is 0 Å². The Kier molecular flexibility index (Phi) is 3.90. The Labute approximate surface area is 85.3 Å². The molecule has 0 aromatic carbocycles. The Morgan fingerprint density at radius 3 is 2.71 bits per heavy atom. The third-order valence-corrected chi connectivity index (χ3v) is 3.10. The maximum Gasteiger partial charge on any atom is 0.226 e. The topological polar surface area (TPSA) is 29.1 Å². The first-order valence-corrected chi connectivity index (χ1v) is 5.49. The van der Waals surface area contributed by atoms with Gasteiger partial charge in [-0.15, -0.1) is 0 Å². The molecule has 1 aliphatic heterocycles. The molecule has 0 aromatic heterocycles. The minimum Gasteiger partial charge on any atom is -0.355 e. The second kappa shape index (κ2) is 4.76. The Hall–Kier alpha value is -0.600. The summed E-state index contributed by atoms with van der Waals surface area (Å²) in [6.45, 7) is 6.51. The van der Waals surface area contributed by atoms with E-state index >= 15 is 0 Å². The molecule has 0 radical (unpaired) electrons. The molecule has 3 heteroatoms. The van der Waals surface area contributed by atoms with Gasteiger partial charge in [-0.25, -0.2) is 4.39 Å². The van der Waals surface area contributed by atoms with Crippen LogP contribution in [0, 0.1) is 17.8 Å². The van der Waals surface area contributed by atoms with Crippen molar-refractivity contribution >= 4 is 5.91 Å². The molecule has 1 fully saturated rings.